The zero-order valence-corrected chi connectivity index (χ0v) is 12.4. The zero-order chi connectivity index (χ0) is 15.5. The summed E-state index contributed by atoms with van der Waals surface area (Å²) in [6.07, 6.45) is -4.32. The molecule has 2 N–H and O–H groups in total. The van der Waals surface area contributed by atoms with Crippen LogP contribution < -0.4 is 5.73 Å². The summed E-state index contributed by atoms with van der Waals surface area (Å²) in [5.41, 5.74) is 5.76. The van der Waals surface area contributed by atoms with E-state index in [0.717, 1.165) is 6.07 Å². The van der Waals surface area contributed by atoms with Gasteiger partial charge in [-0.25, -0.2) is 0 Å². The molecule has 0 aliphatic carbocycles. The van der Waals surface area contributed by atoms with Crippen molar-refractivity contribution in [3.8, 4) is 0 Å². The first-order valence-corrected chi connectivity index (χ1v) is 6.77. The predicted octanol–water partition coefficient (Wildman–Crippen LogP) is 3.68. The van der Waals surface area contributed by atoms with Gasteiger partial charge in [0, 0.05) is 18.6 Å². The molecule has 0 fully saturated rings. The number of alkyl halides is 3. The van der Waals surface area contributed by atoms with Crippen LogP contribution in [-0.2, 0) is 6.18 Å². The molecule has 0 radical (unpaired) electrons. The molecule has 0 saturated heterocycles. The fourth-order valence-electron chi connectivity index (χ4n) is 2.21. The molecule has 2 atom stereocenters. The van der Waals surface area contributed by atoms with Gasteiger partial charge in [-0.15, -0.1) is 0 Å². The molecule has 0 aliphatic heterocycles. The Balaban J connectivity index is 3.07. The molecule has 0 aromatic heterocycles. The lowest BCUT2D eigenvalue weighted by Crippen LogP contribution is -2.39. The normalized spacial score (nSPS) is 15.7. The predicted molar refractivity (Wildman–Crippen MR) is 75.3 cm³/mol. The lowest BCUT2D eigenvalue weighted by molar-refractivity contribution is -0.137. The van der Waals surface area contributed by atoms with Crippen molar-refractivity contribution in [2.24, 2.45) is 11.7 Å². The van der Waals surface area contributed by atoms with Gasteiger partial charge in [0.05, 0.1) is 5.56 Å². The number of hydrogen-bond acceptors (Lipinski definition) is 2. The van der Waals surface area contributed by atoms with Crippen LogP contribution in [0.3, 0.4) is 0 Å². The third-order valence-electron chi connectivity index (χ3n) is 3.92. The van der Waals surface area contributed by atoms with Crippen LogP contribution >= 0.6 is 0 Å². The van der Waals surface area contributed by atoms with Crippen LogP contribution in [0.2, 0.25) is 0 Å². The van der Waals surface area contributed by atoms with Crippen LogP contribution in [0.15, 0.2) is 24.3 Å². The van der Waals surface area contributed by atoms with E-state index in [0.29, 0.717) is 11.5 Å². The molecule has 0 amide bonds. The molecule has 2 nitrogen and oxygen atoms in total. The third kappa shape index (κ3) is 3.96. The van der Waals surface area contributed by atoms with E-state index in [4.69, 9.17) is 5.73 Å². The summed E-state index contributed by atoms with van der Waals surface area (Å²) in [5, 5.41) is 0. The maximum atomic E-state index is 12.8. The van der Waals surface area contributed by atoms with Crippen LogP contribution in [0.25, 0.3) is 0 Å². The van der Waals surface area contributed by atoms with Crippen molar-refractivity contribution < 1.29 is 13.2 Å². The minimum absolute atomic E-state index is 0.213. The van der Waals surface area contributed by atoms with Crippen LogP contribution in [0.4, 0.5) is 13.2 Å². The molecule has 20 heavy (non-hydrogen) atoms. The van der Waals surface area contributed by atoms with Gasteiger partial charge in [-0.3, -0.25) is 4.90 Å². The van der Waals surface area contributed by atoms with Crippen molar-refractivity contribution in [1.82, 2.24) is 4.90 Å². The fraction of sp³-hybridized carbons (Fsp3) is 0.600. The van der Waals surface area contributed by atoms with Crippen molar-refractivity contribution in [2.45, 2.75) is 39.0 Å². The molecule has 1 rings (SSSR count). The summed E-state index contributed by atoms with van der Waals surface area (Å²) < 4.78 is 38.3. The van der Waals surface area contributed by atoms with Crippen LogP contribution in [0.5, 0.6) is 0 Å². The topological polar surface area (TPSA) is 29.3 Å². The van der Waals surface area contributed by atoms with E-state index in [-0.39, 0.29) is 18.6 Å². The lowest BCUT2D eigenvalue weighted by Gasteiger charge is -2.35. The van der Waals surface area contributed by atoms with Gasteiger partial charge in [-0.2, -0.15) is 13.2 Å². The molecule has 1 aromatic carbocycles. The van der Waals surface area contributed by atoms with E-state index in [9.17, 15) is 13.2 Å². The van der Waals surface area contributed by atoms with E-state index in [1.54, 1.807) is 6.07 Å². The maximum absolute atomic E-state index is 12.8. The van der Waals surface area contributed by atoms with Crippen molar-refractivity contribution in [2.75, 3.05) is 13.6 Å². The monoisotopic (exact) mass is 288 g/mol. The quantitative estimate of drug-likeness (QED) is 0.895. The SMILES string of the molecule is CC(C)C(C)N(C)C(CN)c1cccc(C(F)(F)F)c1. The number of likely N-dealkylation sites (N-methyl/N-ethyl adjacent to an activating group) is 1. The minimum atomic E-state index is -4.32. The molecule has 1 aromatic rings. The highest BCUT2D eigenvalue weighted by Crippen LogP contribution is 2.32. The maximum Gasteiger partial charge on any atom is 0.416 e. The van der Waals surface area contributed by atoms with E-state index in [2.05, 4.69) is 20.8 Å². The summed E-state index contributed by atoms with van der Waals surface area (Å²) in [5.74, 6) is 0.403. The van der Waals surface area contributed by atoms with Gasteiger partial charge in [0.2, 0.25) is 0 Å². The van der Waals surface area contributed by atoms with E-state index >= 15 is 0 Å². The highest BCUT2D eigenvalue weighted by atomic mass is 19.4. The van der Waals surface area contributed by atoms with Crippen LogP contribution in [0, 0.1) is 5.92 Å². The molecular formula is C15H23F3N2. The first-order valence-electron chi connectivity index (χ1n) is 6.77. The lowest BCUT2D eigenvalue weighted by atomic mass is 9.98. The van der Waals surface area contributed by atoms with Crippen molar-refractivity contribution in [1.29, 1.82) is 0 Å². The first-order chi connectivity index (χ1) is 9.18. The highest BCUT2D eigenvalue weighted by molar-refractivity contribution is 5.28. The molecule has 114 valence electrons. The molecule has 0 bridgehead atoms. The van der Waals surface area contributed by atoms with Crippen molar-refractivity contribution in [3.05, 3.63) is 35.4 Å². The summed E-state index contributed by atoms with van der Waals surface area (Å²) in [7, 11) is 1.91. The van der Waals surface area contributed by atoms with Gasteiger partial charge in [0.15, 0.2) is 0 Å². The Bertz CT molecular complexity index is 429. The Hall–Kier alpha value is -1.07. The number of nitrogens with zero attached hydrogens (tertiary/aromatic N) is 1. The Morgan fingerprint density at radius 2 is 1.80 bits per heavy atom. The smallest absolute Gasteiger partial charge is 0.329 e. The Kier molecular flexibility index (Phi) is 5.59. The average Bonchev–Trinajstić information content (AvgIpc) is 2.37. The molecular weight excluding hydrogens is 265 g/mol. The molecule has 0 heterocycles. The largest absolute Gasteiger partial charge is 0.416 e. The average molecular weight is 288 g/mol. The molecule has 0 spiro atoms. The second-order valence-electron chi connectivity index (χ2n) is 5.52. The Labute approximate surface area is 118 Å². The number of hydrogen-bond donors (Lipinski definition) is 1. The zero-order valence-electron chi connectivity index (χ0n) is 12.4. The summed E-state index contributed by atoms with van der Waals surface area (Å²) in [4.78, 5) is 2.04. The van der Waals surface area contributed by atoms with Crippen molar-refractivity contribution in [3.63, 3.8) is 0 Å². The van der Waals surface area contributed by atoms with Gasteiger partial charge >= 0.3 is 6.18 Å². The summed E-state index contributed by atoms with van der Waals surface area (Å²) >= 11 is 0. The van der Waals surface area contributed by atoms with Crippen molar-refractivity contribution >= 4 is 0 Å². The van der Waals surface area contributed by atoms with Gasteiger partial charge in [-0.05, 0) is 37.6 Å². The molecule has 2 unspecified atom stereocenters. The second kappa shape index (κ2) is 6.59. The number of rotatable bonds is 5. The summed E-state index contributed by atoms with van der Waals surface area (Å²) in [6.45, 7) is 6.51. The van der Waals surface area contributed by atoms with Crippen LogP contribution in [-0.4, -0.2) is 24.5 Å². The van der Waals surface area contributed by atoms with Crippen LogP contribution in [0.1, 0.15) is 37.9 Å². The van der Waals surface area contributed by atoms with Gasteiger partial charge in [0.1, 0.15) is 0 Å². The molecule has 0 saturated carbocycles. The fourth-order valence-corrected chi connectivity index (χ4v) is 2.21. The minimum Gasteiger partial charge on any atom is -0.329 e. The van der Waals surface area contributed by atoms with Gasteiger partial charge < -0.3 is 5.73 Å². The standard InChI is InChI=1S/C15H23F3N2/c1-10(2)11(3)20(4)14(9-19)12-6-5-7-13(8-12)15(16,17)18/h5-8,10-11,14H,9,19H2,1-4H3. The molecule has 0 aliphatic rings. The molecule has 5 heteroatoms. The second-order valence-corrected chi connectivity index (χ2v) is 5.52. The Morgan fingerprint density at radius 3 is 2.25 bits per heavy atom. The third-order valence-corrected chi connectivity index (χ3v) is 3.92. The first kappa shape index (κ1) is 17.0. The van der Waals surface area contributed by atoms with Gasteiger partial charge in [0.25, 0.3) is 0 Å². The van der Waals surface area contributed by atoms with E-state index < -0.39 is 11.7 Å². The van der Waals surface area contributed by atoms with Gasteiger partial charge in [-0.1, -0.05) is 26.0 Å². The van der Waals surface area contributed by atoms with E-state index in [1.165, 1.54) is 12.1 Å². The number of halogens is 3. The Morgan fingerprint density at radius 1 is 1.20 bits per heavy atom. The number of benzene rings is 1. The van der Waals surface area contributed by atoms with E-state index in [1.807, 2.05) is 11.9 Å². The number of nitrogens with two attached hydrogens (primary N) is 1. The highest BCUT2D eigenvalue weighted by Gasteiger charge is 2.31. The summed E-state index contributed by atoms with van der Waals surface area (Å²) in [6, 6.07) is 5.45.